The highest BCUT2D eigenvalue weighted by molar-refractivity contribution is 8.00. The number of hydrogen-bond donors (Lipinski definition) is 4. The van der Waals surface area contributed by atoms with E-state index in [9.17, 15) is 19.5 Å². The number of carbonyl (C=O) groups is 2. The van der Waals surface area contributed by atoms with Crippen LogP contribution in [0.4, 0.5) is 10.8 Å². The molecule has 2 heterocycles. The topological polar surface area (TPSA) is 150 Å². The molecule has 0 aliphatic carbocycles. The molecule has 0 saturated carbocycles. The molecule has 12 heteroatoms. The fraction of sp³-hybridized carbons (Fsp3) is 0.467. The first-order valence-electron chi connectivity index (χ1n) is 8.21. The van der Waals surface area contributed by atoms with E-state index in [0.717, 1.165) is 36.0 Å². The molecule has 0 aromatic carbocycles. The zero-order chi connectivity index (χ0) is 20.0. The third kappa shape index (κ3) is 6.03. The Bertz CT molecular complexity index is 881. The Morgan fingerprint density at radius 1 is 1.33 bits per heavy atom. The van der Waals surface area contributed by atoms with Crippen LogP contribution in [0.15, 0.2) is 9.95 Å². The Labute approximate surface area is 163 Å². The van der Waals surface area contributed by atoms with Crippen LogP contribution in [0.3, 0.4) is 0 Å². The normalized spacial score (nSPS) is 11.8. The summed E-state index contributed by atoms with van der Waals surface area (Å²) >= 11 is 2.27. The number of nitrogens with zero attached hydrogens (tertiary/aromatic N) is 3. The van der Waals surface area contributed by atoms with Crippen LogP contribution in [0.25, 0.3) is 0 Å². The standard InChI is InChI=1S/C15H20N6O4S2/c1-4-5-6-9-20-21-15(27-9)17-11(23)7(2)26-14-18-12(24)10(13(25)19-14)16-8(3)22/h7H,4-6H2,1-3H3,(H,16,22)(H,17,21,23)(H2,18,19,24,25). The quantitative estimate of drug-likeness (QED) is 0.378. The van der Waals surface area contributed by atoms with Gasteiger partial charge in [-0.15, -0.1) is 10.2 Å². The second-order valence-corrected chi connectivity index (χ2v) is 8.00. The van der Waals surface area contributed by atoms with E-state index < -0.39 is 22.6 Å². The van der Waals surface area contributed by atoms with E-state index in [2.05, 4.69) is 37.7 Å². The predicted molar refractivity (Wildman–Crippen MR) is 103 cm³/mol. The molecule has 2 amide bonds. The van der Waals surface area contributed by atoms with Gasteiger partial charge in [-0.1, -0.05) is 36.4 Å². The van der Waals surface area contributed by atoms with Crippen molar-refractivity contribution in [3.8, 4) is 5.88 Å². The Balaban J connectivity index is 2.00. The van der Waals surface area contributed by atoms with Crippen LogP contribution >= 0.6 is 23.1 Å². The smallest absolute Gasteiger partial charge is 0.279 e. The van der Waals surface area contributed by atoms with Gasteiger partial charge in [-0.05, 0) is 13.3 Å². The van der Waals surface area contributed by atoms with Gasteiger partial charge in [0.25, 0.3) is 5.56 Å². The predicted octanol–water partition coefficient (Wildman–Crippen LogP) is 1.75. The number of hydrogen-bond acceptors (Lipinski definition) is 9. The lowest BCUT2D eigenvalue weighted by atomic mass is 10.3. The Kier molecular flexibility index (Phi) is 7.30. The first-order chi connectivity index (χ1) is 12.8. The van der Waals surface area contributed by atoms with Crippen molar-refractivity contribution in [2.45, 2.75) is 50.4 Å². The molecule has 0 saturated heterocycles. The van der Waals surface area contributed by atoms with Gasteiger partial charge in [0.15, 0.2) is 10.8 Å². The van der Waals surface area contributed by atoms with E-state index in [-0.39, 0.29) is 16.8 Å². The molecule has 4 N–H and O–H groups in total. The first-order valence-corrected chi connectivity index (χ1v) is 9.90. The lowest BCUT2D eigenvalue weighted by molar-refractivity contribution is -0.115. The molecule has 1 atom stereocenters. The van der Waals surface area contributed by atoms with Gasteiger partial charge in [-0.25, -0.2) is 0 Å². The fourth-order valence-corrected chi connectivity index (χ4v) is 3.52. The highest BCUT2D eigenvalue weighted by atomic mass is 32.2. The highest BCUT2D eigenvalue weighted by Gasteiger charge is 2.20. The number of aromatic hydroxyl groups is 1. The summed E-state index contributed by atoms with van der Waals surface area (Å²) < 4.78 is 0. The van der Waals surface area contributed by atoms with Crippen LogP contribution in [0, 0.1) is 0 Å². The van der Waals surface area contributed by atoms with E-state index in [1.54, 1.807) is 6.92 Å². The molecule has 0 bridgehead atoms. The van der Waals surface area contributed by atoms with Gasteiger partial charge in [0.1, 0.15) is 5.01 Å². The van der Waals surface area contributed by atoms with E-state index in [0.29, 0.717) is 5.13 Å². The number of carbonyl (C=O) groups excluding carboxylic acids is 2. The third-order valence-electron chi connectivity index (χ3n) is 3.28. The first kappa shape index (κ1) is 20.8. The molecule has 2 rings (SSSR count). The van der Waals surface area contributed by atoms with Gasteiger partial charge in [0.2, 0.25) is 22.8 Å². The van der Waals surface area contributed by atoms with E-state index in [1.807, 2.05) is 0 Å². The zero-order valence-electron chi connectivity index (χ0n) is 15.0. The van der Waals surface area contributed by atoms with Crippen LogP contribution < -0.4 is 16.2 Å². The number of rotatable bonds is 8. The Morgan fingerprint density at radius 2 is 2.07 bits per heavy atom. The lowest BCUT2D eigenvalue weighted by Crippen LogP contribution is -2.24. The molecule has 27 heavy (non-hydrogen) atoms. The maximum atomic E-state index is 12.3. The molecule has 146 valence electrons. The minimum atomic E-state index is -0.711. The largest absolute Gasteiger partial charge is 0.492 e. The average Bonchev–Trinajstić information content (AvgIpc) is 3.03. The molecule has 10 nitrogen and oxygen atoms in total. The van der Waals surface area contributed by atoms with Crippen molar-refractivity contribution in [2.75, 3.05) is 10.6 Å². The van der Waals surface area contributed by atoms with Crippen molar-refractivity contribution >= 4 is 45.7 Å². The summed E-state index contributed by atoms with van der Waals surface area (Å²) in [5.74, 6) is -1.47. The lowest BCUT2D eigenvalue weighted by Gasteiger charge is -2.10. The van der Waals surface area contributed by atoms with Gasteiger partial charge in [-0.2, -0.15) is 4.98 Å². The van der Waals surface area contributed by atoms with Crippen LogP contribution in [0.1, 0.15) is 38.6 Å². The number of H-pyrrole nitrogens is 1. The van der Waals surface area contributed by atoms with E-state index in [4.69, 9.17) is 0 Å². The van der Waals surface area contributed by atoms with Gasteiger partial charge in [0, 0.05) is 13.3 Å². The molecule has 0 spiro atoms. The SMILES string of the molecule is CCCCc1nnc(NC(=O)C(C)Sc2nc(O)c(NC(C)=O)c(=O)[nH]2)s1. The summed E-state index contributed by atoms with van der Waals surface area (Å²) in [7, 11) is 0. The fourth-order valence-electron chi connectivity index (χ4n) is 1.95. The number of aromatic nitrogens is 4. The molecular weight excluding hydrogens is 392 g/mol. The van der Waals surface area contributed by atoms with Crippen molar-refractivity contribution < 1.29 is 14.7 Å². The van der Waals surface area contributed by atoms with E-state index >= 15 is 0 Å². The Morgan fingerprint density at radius 3 is 2.70 bits per heavy atom. The summed E-state index contributed by atoms with van der Waals surface area (Å²) in [6, 6.07) is 0. The maximum Gasteiger partial charge on any atom is 0.279 e. The second-order valence-electron chi connectivity index (χ2n) is 5.60. The van der Waals surface area contributed by atoms with Crippen molar-refractivity contribution in [1.82, 2.24) is 20.2 Å². The number of unbranched alkanes of at least 4 members (excludes halogenated alkanes) is 1. The monoisotopic (exact) mass is 412 g/mol. The zero-order valence-corrected chi connectivity index (χ0v) is 16.7. The van der Waals surface area contributed by atoms with Crippen LogP contribution in [-0.2, 0) is 16.0 Å². The number of anilines is 2. The molecule has 0 aliphatic heterocycles. The minimum Gasteiger partial charge on any atom is -0.492 e. The van der Waals surface area contributed by atoms with Crippen molar-refractivity contribution in [3.63, 3.8) is 0 Å². The summed E-state index contributed by atoms with van der Waals surface area (Å²) in [4.78, 5) is 41.5. The molecule has 0 aliphatic rings. The Hall–Kier alpha value is -2.47. The van der Waals surface area contributed by atoms with Gasteiger partial charge in [0.05, 0.1) is 5.25 Å². The molecule has 1 unspecified atom stereocenters. The summed E-state index contributed by atoms with van der Waals surface area (Å²) in [6.45, 7) is 4.91. The van der Waals surface area contributed by atoms with Gasteiger partial charge >= 0.3 is 0 Å². The van der Waals surface area contributed by atoms with Crippen molar-refractivity contribution in [1.29, 1.82) is 0 Å². The van der Waals surface area contributed by atoms with Gasteiger partial charge in [-0.3, -0.25) is 24.7 Å². The number of amides is 2. The molecule has 2 aromatic rings. The highest BCUT2D eigenvalue weighted by Crippen LogP contribution is 2.24. The van der Waals surface area contributed by atoms with Gasteiger partial charge < -0.3 is 10.4 Å². The molecule has 0 fully saturated rings. The number of aromatic amines is 1. The van der Waals surface area contributed by atoms with Crippen molar-refractivity contribution in [3.05, 3.63) is 15.4 Å². The summed E-state index contributed by atoms with van der Waals surface area (Å²) in [6.07, 6.45) is 2.87. The number of thioether (sulfide) groups is 1. The molecule has 2 aromatic heterocycles. The van der Waals surface area contributed by atoms with Crippen LogP contribution in [-0.4, -0.2) is 42.3 Å². The van der Waals surface area contributed by atoms with Crippen molar-refractivity contribution in [2.24, 2.45) is 0 Å². The molecular formula is C15H20N6O4S2. The van der Waals surface area contributed by atoms with Crippen LogP contribution in [0.5, 0.6) is 5.88 Å². The average molecular weight is 412 g/mol. The third-order valence-corrected chi connectivity index (χ3v) is 5.16. The summed E-state index contributed by atoms with van der Waals surface area (Å²) in [5.41, 5.74) is -1.05. The van der Waals surface area contributed by atoms with Crippen LogP contribution in [0.2, 0.25) is 0 Å². The van der Waals surface area contributed by atoms with E-state index in [1.165, 1.54) is 18.3 Å². The minimum absolute atomic E-state index is 0.0511. The molecule has 0 radical (unpaired) electrons. The second kappa shape index (κ2) is 9.46. The summed E-state index contributed by atoms with van der Waals surface area (Å²) in [5, 5.41) is 23.3. The number of nitrogens with one attached hydrogen (secondary N) is 3. The number of aryl methyl sites for hydroxylation is 1. The maximum absolute atomic E-state index is 12.3.